The van der Waals surface area contributed by atoms with Crippen molar-refractivity contribution in [3.63, 3.8) is 0 Å². The van der Waals surface area contributed by atoms with Crippen molar-refractivity contribution in [3.8, 4) is 11.8 Å². The predicted octanol–water partition coefficient (Wildman–Crippen LogP) is 3.02. The van der Waals surface area contributed by atoms with Crippen LogP contribution in [0.25, 0.3) is 0 Å². The van der Waals surface area contributed by atoms with E-state index in [-0.39, 0.29) is 10.6 Å². The molecule has 0 spiro atoms. The lowest BCUT2D eigenvalue weighted by Gasteiger charge is -1.98. The van der Waals surface area contributed by atoms with Gasteiger partial charge in [-0.15, -0.1) is 11.6 Å². The van der Waals surface area contributed by atoms with Crippen LogP contribution in [0.5, 0.6) is 0 Å². The SMILES string of the molecule is O=C(O)c1ccc(C#CCCCl)cc1Cl. The molecule has 1 aromatic carbocycles. The summed E-state index contributed by atoms with van der Waals surface area (Å²) in [4.78, 5) is 10.7. The Morgan fingerprint density at radius 1 is 1.47 bits per heavy atom. The van der Waals surface area contributed by atoms with Gasteiger partial charge in [0.1, 0.15) is 0 Å². The standard InChI is InChI=1S/C11H8Cl2O2/c12-6-2-1-3-8-4-5-9(11(14)15)10(13)7-8/h4-5,7H,2,6H2,(H,14,15). The van der Waals surface area contributed by atoms with Crippen LogP contribution in [0.1, 0.15) is 22.3 Å². The maximum atomic E-state index is 10.7. The van der Waals surface area contributed by atoms with Crippen LogP contribution in [0.2, 0.25) is 5.02 Å². The van der Waals surface area contributed by atoms with Crippen LogP contribution >= 0.6 is 23.2 Å². The van der Waals surface area contributed by atoms with Crippen LogP contribution in [0, 0.1) is 11.8 Å². The average molecular weight is 243 g/mol. The van der Waals surface area contributed by atoms with E-state index >= 15 is 0 Å². The molecule has 0 heterocycles. The fourth-order valence-corrected chi connectivity index (χ4v) is 1.33. The van der Waals surface area contributed by atoms with Gasteiger partial charge in [0.15, 0.2) is 0 Å². The van der Waals surface area contributed by atoms with Gasteiger partial charge < -0.3 is 5.11 Å². The first-order chi connectivity index (χ1) is 7.15. The third-order valence-electron chi connectivity index (χ3n) is 1.65. The van der Waals surface area contributed by atoms with Crippen molar-refractivity contribution in [1.82, 2.24) is 0 Å². The van der Waals surface area contributed by atoms with Crippen molar-refractivity contribution < 1.29 is 9.90 Å². The smallest absolute Gasteiger partial charge is 0.337 e. The third kappa shape index (κ3) is 3.47. The molecule has 1 aromatic rings. The number of aromatic carboxylic acids is 1. The van der Waals surface area contributed by atoms with Crippen molar-refractivity contribution >= 4 is 29.2 Å². The van der Waals surface area contributed by atoms with Crippen molar-refractivity contribution in [2.24, 2.45) is 0 Å². The highest BCUT2D eigenvalue weighted by Crippen LogP contribution is 2.17. The maximum Gasteiger partial charge on any atom is 0.337 e. The monoisotopic (exact) mass is 242 g/mol. The Kier molecular flexibility index (Phi) is 4.48. The first kappa shape index (κ1) is 11.9. The van der Waals surface area contributed by atoms with Crippen LogP contribution in [0.4, 0.5) is 0 Å². The Balaban J connectivity index is 2.93. The summed E-state index contributed by atoms with van der Waals surface area (Å²) in [6.07, 6.45) is 0.597. The van der Waals surface area contributed by atoms with Crippen molar-refractivity contribution in [1.29, 1.82) is 0 Å². The highest BCUT2D eigenvalue weighted by molar-refractivity contribution is 6.33. The lowest BCUT2D eigenvalue weighted by Crippen LogP contribution is -1.97. The number of hydrogen-bond acceptors (Lipinski definition) is 1. The van der Waals surface area contributed by atoms with Gasteiger partial charge in [-0.2, -0.15) is 0 Å². The van der Waals surface area contributed by atoms with Crippen LogP contribution in [0.3, 0.4) is 0 Å². The number of carbonyl (C=O) groups is 1. The van der Waals surface area contributed by atoms with E-state index in [0.717, 1.165) is 0 Å². The van der Waals surface area contributed by atoms with E-state index in [4.69, 9.17) is 28.3 Å². The molecule has 0 unspecified atom stereocenters. The van der Waals surface area contributed by atoms with Gasteiger partial charge in [0.25, 0.3) is 0 Å². The number of benzene rings is 1. The maximum absolute atomic E-state index is 10.7. The Labute approximate surface area is 97.8 Å². The Morgan fingerprint density at radius 3 is 2.73 bits per heavy atom. The lowest BCUT2D eigenvalue weighted by atomic mass is 10.1. The molecule has 15 heavy (non-hydrogen) atoms. The second kappa shape index (κ2) is 5.65. The molecule has 0 bridgehead atoms. The quantitative estimate of drug-likeness (QED) is 0.640. The van der Waals surface area contributed by atoms with E-state index in [2.05, 4.69) is 11.8 Å². The zero-order valence-electron chi connectivity index (χ0n) is 7.76. The fraction of sp³-hybridized carbons (Fsp3) is 0.182. The molecule has 0 aliphatic rings. The molecule has 1 rings (SSSR count). The number of carboxylic acids is 1. The Bertz CT molecular complexity index is 430. The van der Waals surface area contributed by atoms with Gasteiger partial charge in [-0.3, -0.25) is 0 Å². The summed E-state index contributed by atoms with van der Waals surface area (Å²) in [5.74, 6) is 5.12. The predicted molar refractivity (Wildman–Crippen MR) is 60.6 cm³/mol. The molecule has 0 aliphatic carbocycles. The van der Waals surface area contributed by atoms with Crippen LogP contribution in [-0.4, -0.2) is 17.0 Å². The van der Waals surface area contributed by atoms with Crippen LogP contribution in [-0.2, 0) is 0 Å². The molecule has 0 amide bonds. The minimum atomic E-state index is -1.04. The van der Waals surface area contributed by atoms with Crippen molar-refractivity contribution in [3.05, 3.63) is 34.3 Å². The average Bonchev–Trinajstić information content (AvgIpc) is 2.17. The van der Waals surface area contributed by atoms with Gasteiger partial charge in [0, 0.05) is 17.9 Å². The normalized spacial score (nSPS) is 9.20. The summed E-state index contributed by atoms with van der Waals surface area (Å²) >= 11 is 11.2. The van der Waals surface area contributed by atoms with Gasteiger partial charge in [-0.05, 0) is 18.2 Å². The zero-order valence-corrected chi connectivity index (χ0v) is 9.27. The summed E-state index contributed by atoms with van der Waals surface area (Å²) in [5.41, 5.74) is 0.773. The minimum Gasteiger partial charge on any atom is -0.478 e. The second-order valence-corrected chi connectivity index (χ2v) is 3.53. The molecule has 4 heteroatoms. The fourth-order valence-electron chi connectivity index (χ4n) is 0.978. The van der Waals surface area contributed by atoms with E-state index in [0.29, 0.717) is 17.9 Å². The van der Waals surface area contributed by atoms with Gasteiger partial charge in [0.2, 0.25) is 0 Å². The first-order valence-corrected chi connectivity index (χ1v) is 5.14. The molecule has 0 fully saturated rings. The van der Waals surface area contributed by atoms with Gasteiger partial charge in [-0.25, -0.2) is 4.79 Å². The topological polar surface area (TPSA) is 37.3 Å². The van der Waals surface area contributed by atoms with E-state index < -0.39 is 5.97 Å². The van der Waals surface area contributed by atoms with E-state index in [1.54, 1.807) is 6.07 Å². The molecular formula is C11H8Cl2O2. The van der Waals surface area contributed by atoms with Crippen LogP contribution in [0.15, 0.2) is 18.2 Å². The molecular weight excluding hydrogens is 235 g/mol. The molecule has 0 atom stereocenters. The van der Waals surface area contributed by atoms with E-state index in [1.165, 1.54) is 12.1 Å². The number of alkyl halides is 1. The number of halogens is 2. The second-order valence-electron chi connectivity index (χ2n) is 2.74. The molecule has 78 valence electrons. The number of hydrogen-bond donors (Lipinski definition) is 1. The lowest BCUT2D eigenvalue weighted by molar-refractivity contribution is 0.0697. The number of carboxylic acid groups (broad SMARTS) is 1. The summed E-state index contributed by atoms with van der Waals surface area (Å²) in [6, 6.07) is 4.60. The highest BCUT2D eigenvalue weighted by atomic mass is 35.5. The molecule has 1 N–H and O–H groups in total. The van der Waals surface area contributed by atoms with Gasteiger partial charge >= 0.3 is 5.97 Å². The highest BCUT2D eigenvalue weighted by Gasteiger charge is 2.07. The molecule has 0 radical (unpaired) electrons. The van der Waals surface area contributed by atoms with Crippen molar-refractivity contribution in [2.75, 3.05) is 5.88 Å². The molecule has 0 aliphatic heterocycles. The largest absolute Gasteiger partial charge is 0.478 e. The summed E-state index contributed by atoms with van der Waals surface area (Å²) in [7, 11) is 0. The third-order valence-corrected chi connectivity index (χ3v) is 2.15. The summed E-state index contributed by atoms with van der Waals surface area (Å²) in [5, 5.41) is 8.93. The molecule has 0 saturated carbocycles. The van der Waals surface area contributed by atoms with Gasteiger partial charge in [-0.1, -0.05) is 23.4 Å². The van der Waals surface area contributed by atoms with Crippen molar-refractivity contribution in [2.45, 2.75) is 6.42 Å². The molecule has 0 saturated heterocycles. The van der Waals surface area contributed by atoms with Gasteiger partial charge in [0.05, 0.1) is 10.6 Å². The zero-order chi connectivity index (χ0) is 11.3. The molecule has 2 nitrogen and oxygen atoms in total. The Hall–Kier alpha value is -1.17. The van der Waals surface area contributed by atoms with Crippen LogP contribution < -0.4 is 0 Å². The first-order valence-electron chi connectivity index (χ1n) is 4.23. The van der Waals surface area contributed by atoms with E-state index in [9.17, 15) is 4.79 Å². The minimum absolute atomic E-state index is 0.0829. The van der Waals surface area contributed by atoms with E-state index in [1.807, 2.05) is 0 Å². The number of rotatable bonds is 2. The summed E-state index contributed by atoms with van der Waals surface area (Å²) < 4.78 is 0. The molecule has 0 aromatic heterocycles. The summed E-state index contributed by atoms with van der Waals surface area (Å²) in [6.45, 7) is 0. The Morgan fingerprint density at radius 2 is 2.20 bits per heavy atom.